The first-order valence-electron chi connectivity index (χ1n) is 18.8. The van der Waals surface area contributed by atoms with Gasteiger partial charge in [0, 0.05) is 52.6 Å². The summed E-state index contributed by atoms with van der Waals surface area (Å²) in [6, 6.07) is 39.5. The lowest BCUT2D eigenvalue weighted by Crippen LogP contribution is -2.13. The summed E-state index contributed by atoms with van der Waals surface area (Å²) in [4.78, 5) is 22.6. The minimum atomic E-state index is -0.214. The second-order valence-corrected chi connectivity index (χ2v) is 15.2. The van der Waals surface area contributed by atoms with Gasteiger partial charge in [0.25, 0.3) is 0 Å². The quantitative estimate of drug-likeness (QED) is 0.153. The number of fused-ring (bicyclic) bond motifs is 3. The fraction of sp³-hybridized carbons (Fsp3) is 0.149. The second-order valence-electron chi connectivity index (χ2n) is 15.2. The highest BCUT2D eigenvalue weighted by atomic mass is 16.5. The molecule has 0 N–H and O–H groups in total. The van der Waals surface area contributed by atoms with Crippen LogP contribution < -0.4 is 4.74 Å². The number of hydrogen-bond acceptors (Lipinski definition) is 7. The predicted octanol–water partition coefficient (Wildman–Crippen LogP) is 11.2. The number of pyridine rings is 2. The van der Waals surface area contributed by atoms with E-state index in [1.807, 2.05) is 53.3 Å². The molecule has 0 atom stereocenters. The molecule has 9 rings (SSSR count). The van der Waals surface area contributed by atoms with Gasteiger partial charge in [0.1, 0.15) is 41.4 Å². The van der Waals surface area contributed by atoms with Gasteiger partial charge in [0.05, 0.1) is 16.7 Å². The van der Waals surface area contributed by atoms with E-state index in [0.717, 1.165) is 67.0 Å². The Morgan fingerprint density at radius 2 is 1.38 bits per heavy atom. The second kappa shape index (κ2) is 14.0. The van der Waals surface area contributed by atoms with Gasteiger partial charge in [-0.3, -0.25) is 9.55 Å². The fourth-order valence-electron chi connectivity index (χ4n) is 7.27. The molecule has 274 valence electrons. The van der Waals surface area contributed by atoms with Crippen molar-refractivity contribution in [1.29, 1.82) is 0 Å². The van der Waals surface area contributed by atoms with E-state index in [9.17, 15) is 0 Å². The molecule has 9 nitrogen and oxygen atoms in total. The molecule has 0 spiro atoms. The van der Waals surface area contributed by atoms with Gasteiger partial charge < -0.3 is 4.74 Å². The monoisotopic (exact) mass is 732 g/mol. The Bertz CT molecular complexity index is 2840. The lowest BCUT2D eigenvalue weighted by Gasteiger charge is -2.22. The summed E-state index contributed by atoms with van der Waals surface area (Å²) < 4.78 is 11.0. The molecule has 0 saturated heterocycles. The number of rotatable bonds is 8. The van der Waals surface area contributed by atoms with Crippen molar-refractivity contribution >= 4 is 21.8 Å². The normalized spacial score (nSPS) is 11.8. The molecule has 0 radical (unpaired) electrons. The van der Waals surface area contributed by atoms with Gasteiger partial charge in [0.2, 0.25) is 0 Å². The van der Waals surface area contributed by atoms with Crippen LogP contribution in [0.5, 0.6) is 11.5 Å². The molecule has 0 fully saturated rings. The third-order valence-corrected chi connectivity index (χ3v) is 10.2. The lowest BCUT2D eigenvalue weighted by atomic mass is 9.86. The standard InChI is InChI=1S/C47H40N8O/c1-30(2)33-19-22-50-42(23-33)54-40-14-10-9-13-38(40)39-16-15-36(27-41(39)54)56-37-25-34(47(3,4)5)24-35(26-37)55-45(46-51-28-49-29-52-46)43(31-11-7-6-8-12-31)44(53-55)32-17-20-48-21-18-32/h6-30H,1-5H3. The van der Waals surface area contributed by atoms with E-state index in [-0.39, 0.29) is 5.41 Å². The number of hydrogen-bond donors (Lipinski definition) is 0. The van der Waals surface area contributed by atoms with E-state index in [0.29, 0.717) is 23.2 Å². The third kappa shape index (κ3) is 6.36. The SMILES string of the molecule is CC(C)c1ccnc(-n2c3ccccc3c3ccc(Oc4cc(-n5nc(-c6ccncc6)c(-c6ccccc6)c5-c5ncncn5)cc(C(C)(C)C)c4)cc32)c1. The van der Waals surface area contributed by atoms with Gasteiger partial charge in [-0.05, 0) is 82.6 Å². The molecule has 0 aliphatic heterocycles. The van der Waals surface area contributed by atoms with Crippen molar-refractivity contribution in [2.45, 2.75) is 46.0 Å². The van der Waals surface area contributed by atoms with Crippen LogP contribution in [0.2, 0.25) is 0 Å². The Hall–Kier alpha value is -7.00. The summed E-state index contributed by atoms with van der Waals surface area (Å²) in [5.41, 5.74) is 9.36. The molecule has 5 heterocycles. The van der Waals surface area contributed by atoms with Crippen molar-refractivity contribution in [3.63, 3.8) is 0 Å². The van der Waals surface area contributed by atoms with Crippen molar-refractivity contribution in [1.82, 2.24) is 39.3 Å². The molecule has 9 heteroatoms. The molecular formula is C47H40N8O. The molecule has 4 aromatic carbocycles. The molecule has 0 aliphatic carbocycles. The van der Waals surface area contributed by atoms with Gasteiger partial charge in [-0.25, -0.2) is 24.6 Å². The van der Waals surface area contributed by atoms with Crippen LogP contribution in [0.4, 0.5) is 0 Å². The number of aromatic nitrogens is 8. The van der Waals surface area contributed by atoms with E-state index < -0.39 is 0 Å². The lowest BCUT2D eigenvalue weighted by molar-refractivity contribution is 0.478. The summed E-state index contributed by atoms with van der Waals surface area (Å²) in [5.74, 6) is 3.14. The Morgan fingerprint density at radius 1 is 0.625 bits per heavy atom. The van der Waals surface area contributed by atoms with Crippen LogP contribution in [0.15, 0.2) is 147 Å². The topological polar surface area (TPSA) is 96.4 Å². The van der Waals surface area contributed by atoms with Crippen LogP contribution >= 0.6 is 0 Å². The maximum atomic E-state index is 6.86. The molecular weight excluding hydrogens is 693 g/mol. The van der Waals surface area contributed by atoms with Gasteiger partial charge in [-0.1, -0.05) is 83.1 Å². The molecule has 0 aliphatic rings. The van der Waals surface area contributed by atoms with E-state index in [4.69, 9.17) is 14.8 Å². The first-order chi connectivity index (χ1) is 27.2. The Balaban J connectivity index is 1.24. The summed E-state index contributed by atoms with van der Waals surface area (Å²) in [7, 11) is 0. The maximum Gasteiger partial charge on any atom is 0.181 e. The van der Waals surface area contributed by atoms with E-state index in [1.54, 1.807) is 12.4 Å². The van der Waals surface area contributed by atoms with E-state index in [1.165, 1.54) is 18.2 Å². The maximum absolute atomic E-state index is 6.86. The smallest absolute Gasteiger partial charge is 0.181 e. The molecule has 0 saturated carbocycles. The highest BCUT2D eigenvalue weighted by molar-refractivity contribution is 6.09. The van der Waals surface area contributed by atoms with Crippen molar-refractivity contribution in [3.05, 3.63) is 158 Å². The van der Waals surface area contributed by atoms with E-state index >= 15 is 0 Å². The fourth-order valence-corrected chi connectivity index (χ4v) is 7.27. The third-order valence-electron chi connectivity index (χ3n) is 10.2. The van der Waals surface area contributed by atoms with Crippen LogP contribution in [0, 0.1) is 0 Å². The molecule has 0 amide bonds. The van der Waals surface area contributed by atoms with Crippen LogP contribution in [-0.2, 0) is 5.41 Å². The first kappa shape index (κ1) is 34.7. The number of benzene rings is 4. The van der Waals surface area contributed by atoms with Crippen LogP contribution in [-0.4, -0.2) is 39.3 Å². The molecule has 0 bridgehead atoms. The Labute approximate surface area is 325 Å². The van der Waals surface area contributed by atoms with Gasteiger partial charge in [-0.2, -0.15) is 5.10 Å². The van der Waals surface area contributed by atoms with Crippen molar-refractivity contribution in [2.24, 2.45) is 0 Å². The summed E-state index contributed by atoms with van der Waals surface area (Å²) in [6.07, 6.45) is 8.50. The van der Waals surface area contributed by atoms with E-state index in [2.05, 4.69) is 132 Å². The summed E-state index contributed by atoms with van der Waals surface area (Å²) in [5, 5.41) is 7.62. The predicted molar refractivity (Wildman–Crippen MR) is 222 cm³/mol. The Kier molecular flexibility index (Phi) is 8.69. The average molecular weight is 733 g/mol. The van der Waals surface area contributed by atoms with Crippen LogP contribution in [0.3, 0.4) is 0 Å². The zero-order valence-electron chi connectivity index (χ0n) is 31.9. The largest absolute Gasteiger partial charge is 0.457 e. The first-order valence-corrected chi connectivity index (χ1v) is 18.8. The van der Waals surface area contributed by atoms with Crippen LogP contribution in [0.25, 0.3) is 67.2 Å². The number of nitrogens with zero attached hydrogens (tertiary/aromatic N) is 8. The number of ether oxygens (including phenoxy) is 1. The molecule has 0 unspecified atom stereocenters. The number of para-hydroxylation sites is 1. The molecule has 56 heavy (non-hydrogen) atoms. The zero-order valence-corrected chi connectivity index (χ0v) is 31.9. The average Bonchev–Trinajstić information content (AvgIpc) is 3.78. The Morgan fingerprint density at radius 3 is 2.14 bits per heavy atom. The van der Waals surface area contributed by atoms with Gasteiger partial charge in [-0.15, -0.1) is 0 Å². The van der Waals surface area contributed by atoms with Crippen LogP contribution in [0.1, 0.15) is 51.7 Å². The van der Waals surface area contributed by atoms with Crippen molar-refractivity contribution in [3.8, 4) is 56.9 Å². The highest BCUT2D eigenvalue weighted by Gasteiger charge is 2.26. The molecule has 5 aromatic heterocycles. The van der Waals surface area contributed by atoms with Gasteiger partial charge >= 0.3 is 0 Å². The highest BCUT2D eigenvalue weighted by Crippen LogP contribution is 2.42. The summed E-state index contributed by atoms with van der Waals surface area (Å²) in [6.45, 7) is 11.0. The minimum absolute atomic E-state index is 0.214. The van der Waals surface area contributed by atoms with Crippen molar-refractivity contribution < 1.29 is 4.74 Å². The zero-order chi connectivity index (χ0) is 38.4. The summed E-state index contributed by atoms with van der Waals surface area (Å²) >= 11 is 0. The van der Waals surface area contributed by atoms with Crippen molar-refractivity contribution in [2.75, 3.05) is 0 Å². The minimum Gasteiger partial charge on any atom is -0.457 e. The molecule has 9 aromatic rings. The van der Waals surface area contributed by atoms with Gasteiger partial charge in [0.15, 0.2) is 5.82 Å².